The molecule has 3 rings (SSSR count). The largest absolute Gasteiger partial charge is 0.379 e. The molecule has 0 radical (unpaired) electrons. The third-order valence-electron chi connectivity index (χ3n) is 5.55. The molecule has 1 aliphatic carbocycles. The van der Waals surface area contributed by atoms with Crippen LogP contribution in [0.15, 0.2) is 29.3 Å². The number of nitrogens with one attached hydrogen (secondary N) is 2. The summed E-state index contributed by atoms with van der Waals surface area (Å²) in [6.45, 7) is 6.62. The number of hydrogen-bond donors (Lipinski definition) is 2. The number of morpholine rings is 1. The number of hydrogen-bond acceptors (Lipinski definition) is 3. The van der Waals surface area contributed by atoms with E-state index in [1.165, 1.54) is 43.2 Å². The number of rotatable bonds is 5. The Morgan fingerprint density at radius 1 is 1.22 bits per heavy atom. The Kier molecular flexibility index (Phi) is 9.86. The minimum atomic E-state index is 0. The molecule has 1 heterocycles. The molecule has 1 aromatic carbocycles. The quantitative estimate of drug-likeness (QED) is 0.380. The highest BCUT2D eigenvalue weighted by atomic mass is 127. The number of ether oxygens (including phenoxy) is 1. The fourth-order valence-corrected chi connectivity index (χ4v) is 4.05. The van der Waals surface area contributed by atoms with E-state index in [1.807, 2.05) is 7.05 Å². The van der Waals surface area contributed by atoms with Crippen molar-refractivity contribution in [3.63, 3.8) is 0 Å². The summed E-state index contributed by atoms with van der Waals surface area (Å²) in [7, 11) is 1.87. The van der Waals surface area contributed by atoms with E-state index in [0.29, 0.717) is 12.1 Å². The van der Waals surface area contributed by atoms with Crippen molar-refractivity contribution in [3.05, 3.63) is 35.4 Å². The number of guanidine groups is 1. The molecule has 0 amide bonds. The predicted octanol–water partition coefficient (Wildman–Crippen LogP) is 3.48. The van der Waals surface area contributed by atoms with Crippen LogP contribution in [0, 0.1) is 6.92 Å². The van der Waals surface area contributed by atoms with Crippen molar-refractivity contribution in [1.82, 2.24) is 15.5 Å². The smallest absolute Gasteiger partial charge is 0.191 e. The molecule has 1 unspecified atom stereocenters. The lowest BCUT2D eigenvalue weighted by molar-refractivity contribution is 0.0170. The van der Waals surface area contributed by atoms with Crippen LogP contribution in [-0.2, 0) is 4.74 Å². The van der Waals surface area contributed by atoms with Gasteiger partial charge in [-0.25, -0.2) is 0 Å². The maximum atomic E-state index is 5.56. The second-order valence-electron chi connectivity index (χ2n) is 7.51. The van der Waals surface area contributed by atoms with Gasteiger partial charge in [0.15, 0.2) is 5.96 Å². The van der Waals surface area contributed by atoms with Gasteiger partial charge in [0.1, 0.15) is 0 Å². The summed E-state index contributed by atoms with van der Waals surface area (Å²) >= 11 is 0. The summed E-state index contributed by atoms with van der Waals surface area (Å²) in [6.07, 6.45) is 6.54. The Balaban J connectivity index is 0.00000261. The molecule has 27 heavy (non-hydrogen) atoms. The van der Waals surface area contributed by atoms with E-state index in [1.54, 1.807) is 0 Å². The summed E-state index contributed by atoms with van der Waals surface area (Å²) in [5.41, 5.74) is 2.68. The molecule has 0 spiro atoms. The highest BCUT2D eigenvalue weighted by Gasteiger charge is 2.23. The van der Waals surface area contributed by atoms with Crippen molar-refractivity contribution in [2.45, 2.75) is 51.1 Å². The first-order valence-electron chi connectivity index (χ1n) is 10.1. The zero-order valence-corrected chi connectivity index (χ0v) is 19.1. The molecular formula is C21H35IN4O. The molecule has 0 bridgehead atoms. The number of nitrogens with zero attached hydrogens (tertiary/aromatic N) is 2. The first-order valence-corrected chi connectivity index (χ1v) is 10.1. The van der Waals surface area contributed by atoms with Gasteiger partial charge < -0.3 is 15.4 Å². The number of benzene rings is 1. The van der Waals surface area contributed by atoms with Crippen molar-refractivity contribution in [2.75, 3.05) is 39.9 Å². The average Bonchev–Trinajstić information content (AvgIpc) is 2.69. The van der Waals surface area contributed by atoms with E-state index >= 15 is 0 Å². The Morgan fingerprint density at radius 3 is 2.63 bits per heavy atom. The lowest BCUT2D eigenvalue weighted by Crippen LogP contribution is -2.48. The van der Waals surface area contributed by atoms with Crippen LogP contribution < -0.4 is 10.6 Å². The molecule has 0 aromatic heterocycles. The van der Waals surface area contributed by atoms with E-state index in [9.17, 15) is 0 Å². The first-order chi connectivity index (χ1) is 12.8. The molecule has 1 saturated carbocycles. The maximum Gasteiger partial charge on any atom is 0.191 e. The van der Waals surface area contributed by atoms with Gasteiger partial charge in [-0.2, -0.15) is 0 Å². The molecular weight excluding hydrogens is 451 g/mol. The number of aliphatic imine (C=N–C) groups is 1. The van der Waals surface area contributed by atoms with Gasteiger partial charge in [-0.1, -0.05) is 49.1 Å². The van der Waals surface area contributed by atoms with Gasteiger partial charge in [-0.3, -0.25) is 9.89 Å². The van der Waals surface area contributed by atoms with Crippen LogP contribution in [0.3, 0.4) is 0 Å². The fourth-order valence-electron chi connectivity index (χ4n) is 4.05. The van der Waals surface area contributed by atoms with Gasteiger partial charge in [0.05, 0.1) is 19.3 Å². The predicted molar refractivity (Wildman–Crippen MR) is 123 cm³/mol. The lowest BCUT2D eigenvalue weighted by atomic mass is 9.96. The molecule has 6 heteroatoms. The molecule has 5 nitrogen and oxygen atoms in total. The monoisotopic (exact) mass is 486 g/mol. The molecule has 1 atom stereocenters. The van der Waals surface area contributed by atoms with Gasteiger partial charge in [0, 0.05) is 32.7 Å². The van der Waals surface area contributed by atoms with Crippen molar-refractivity contribution >= 4 is 29.9 Å². The van der Waals surface area contributed by atoms with Crippen LogP contribution in [0.1, 0.15) is 49.3 Å². The van der Waals surface area contributed by atoms with Crippen LogP contribution in [-0.4, -0.2) is 56.8 Å². The van der Waals surface area contributed by atoms with Gasteiger partial charge >= 0.3 is 0 Å². The lowest BCUT2D eigenvalue weighted by Gasteiger charge is -2.35. The Labute approximate surface area is 181 Å². The highest BCUT2D eigenvalue weighted by Crippen LogP contribution is 2.22. The Bertz CT molecular complexity index is 583. The topological polar surface area (TPSA) is 48.9 Å². The minimum absolute atomic E-state index is 0. The van der Waals surface area contributed by atoms with Gasteiger partial charge in [0.25, 0.3) is 0 Å². The third-order valence-corrected chi connectivity index (χ3v) is 5.55. The highest BCUT2D eigenvalue weighted by molar-refractivity contribution is 14.0. The van der Waals surface area contributed by atoms with E-state index < -0.39 is 0 Å². The molecule has 2 fully saturated rings. The van der Waals surface area contributed by atoms with Gasteiger partial charge in [-0.15, -0.1) is 24.0 Å². The van der Waals surface area contributed by atoms with Crippen LogP contribution in [0.4, 0.5) is 0 Å². The van der Waals surface area contributed by atoms with E-state index in [2.05, 4.69) is 51.7 Å². The van der Waals surface area contributed by atoms with Gasteiger partial charge in [-0.05, 0) is 25.3 Å². The number of aryl methyl sites for hydroxylation is 1. The van der Waals surface area contributed by atoms with Crippen LogP contribution in [0.25, 0.3) is 0 Å². The fraction of sp³-hybridized carbons (Fsp3) is 0.667. The molecule has 2 N–H and O–H groups in total. The molecule has 1 saturated heterocycles. The second kappa shape index (κ2) is 11.9. The summed E-state index contributed by atoms with van der Waals surface area (Å²) < 4.78 is 5.56. The van der Waals surface area contributed by atoms with Crippen molar-refractivity contribution in [3.8, 4) is 0 Å². The standard InChI is InChI=1S/C21H34N4O.HI/c1-17-7-6-8-18(15-17)20(25-11-13-26-14-12-25)16-23-21(22-2)24-19-9-4-3-5-10-19;/h6-8,15,19-20H,3-5,9-14,16H2,1-2H3,(H2,22,23,24);1H. The van der Waals surface area contributed by atoms with Gasteiger partial charge in [0.2, 0.25) is 0 Å². The van der Waals surface area contributed by atoms with Crippen molar-refractivity contribution in [2.24, 2.45) is 4.99 Å². The summed E-state index contributed by atoms with van der Waals surface area (Å²) in [5, 5.41) is 7.21. The van der Waals surface area contributed by atoms with Crippen LogP contribution in [0.2, 0.25) is 0 Å². The average molecular weight is 486 g/mol. The second-order valence-corrected chi connectivity index (χ2v) is 7.51. The zero-order chi connectivity index (χ0) is 18.2. The first kappa shape index (κ1) is 22.4. The Hall–Kier alpha value is -0.860. The normalized spacial score (nSPS) is 20.6. The third kappa shape index (κ3) is 6.91. The van der Waals surface area contributed by atoms with Crippen LogP contribution >= 0.6 is 24.0 Å². The SMILES string of the molecule is CN=C(NCC(c1cccc(C)c1)N1CCOCC1)NC1CCCCC1.I. The van der Waals surface area contributed by atoms with E-state index in [4.69, 9.17) is 4.74 Å². The van der Waals surface area contributed by atoms with E-state index in [-0.39, 0.29) is 24.0 Å². The molecule has 2 aliphatic rings. The summed E-state index contributed by atoms with van der Waals surface area (Å²) in [4.78, 5) is 6.99. The van der Waals surface area contributed by atoms with Crippen LogP contribution in [0.5, 0.6) is 0 Å². The summed E-state index contributed by atoms with van der Waals surface area (Å²) in [6, 6.07) is 9.77. The maximum absolute atomic E-state index is 5.56. The molecule has 1 aromatic rings. The molecule has 1 aliphatic heterocycles. The summed E-state index contributed by atoms with van der Waals surface area (Å²) in [5.74, 6) is 0.933. The Morgan fingerprint density at radius 2 is 1.96 bits per heavy atom. The zero-order valence-electron chi connectivity index (χ0n) is 16.7. The van der Waals surface area contributed by atoms with Crippen molar-refractivity contribution in [1.29, 1.82) is 0 Å². The van der Waals surface area contributed by atoms with E-state index in [0.717, 1.165) is 38.8 Å². The number of halogens is 1. The van der Waals surface area contributed by atoms with Crippen molar-refractivity contribution < 1.29 is 4.74 Å². The molecule has 152 valence electrons. The minimum Gasteiger partial charge on any atom is -0.379 e.